The predicted molar refractivity (Wildman–Crippen MR) is 82.0 cm³/mol. The second kappa shape index (κ2) is 6.94. The SMILES string of the molecule is C=CCNc1ccc(NC(=O)Nc2ccccc2)nc1. The maximum absolute atomic E-state index is 11.7. The van der Waals surface area contributed by atoms with Crippen LogP contribution in [0.25, 0.3) is 0 Å². The smallest absolute Gasteiger partial charge is 0.324 e. The Bertz CT molecular complexity index is 566. The van der Waals surface area contributed by atoms with Crippen LogP contribution in [0.15, 0.2) is 61.3 Å². The van der Waals surface area contributed by atoms with Crippen LogP contribution < -0.4 is 16.0 Å². The van der Waals surface area contributed by atoms with Gasteiger partial charge in [-0.3, -0.25) is 5.32 Å². The molecule has 0 unspecified atom stereocenters. The fourth-order valence-corrected chi connectivity index (χ4v) is 1.56. The molecule has 1 aromatic carbocycles. The van der Waals surface area contributed by atoms with E-state index >= 15 is 0 Å². The van der Waals surface area contributed by atoms with Crippen LogP contribution in [0.2, 0.25) is 0 Å². The number of benzene rings is 1. The summed E-state index contributed by atoms with van der Waals surface area (Å²) < 4.78 is 0. The van der Waals surface area contributed by atoms with Crippen LogP contribution in [0, 0.1) is 0 Å². The van der Waals surface area contributed by atoms with Gasteiger partial charge in [0.25, 0.3) is 0 Å². The molecule has 1 heterocycles. The molecular formula is C15H16N4O. The van der Waals surface area contributed by atoms with Crippen molar-refractivity contribution in [3.63, 3.8) is 0 Å². The molecule has 5 heteroatoms. The lowest BCUT2D eigenvalue weighted by atomic mass is 10.3. The van der Waals surface area contributed by atoms with Gasteiger partial charge in [-0.1, -0.05) is 24.3 Å². The Labute approximate surface area is 117 Å². The molecule has 0 aliphatic carbocycles. The van der Waals surface area contributed by atoms with Gasteiger partial charge in [0.2, 0.25) is 0 Å². The first-order chi connectivity index (χ1) is 9.78. The van der Waals surface area contributed by atoms with Gasteiger partial charge in [0, 0.05) is 12.2 Å². The van der Waals surface area contributed by atoms with E-state index in [4.69, 9.17) is 0 Å². The van der Waals surface area contributed by atoms with Gasteiger partial charge in [-0.05, 0) is 24.3 Å². The van der Waals surface area contributed by atoms with Gasteiger partial charge >= 0.3 is 6.03 Å². The van der Waals surface area contributed by atoms with Gasteiger partial charge < -0.3 is 10.6 Å². The summed E-state index contributed by atoms with van der Waals surface area (Å²) in [5.74, 6) is 0.489. The van der Waals surface area contributed by atoms with Gasteiger partial charge in [0.05, 0.1) is 11.9 Å². The third kappa shape index (κ3) is 4.13. The van der Waals surface area contributed by atoms with Crippen LogP contribution >= 0.6 is 0 Å². The minimum Gasteiger partial charge on any atom is -0.380 e. The highest BCUT2D eigenvalue weighted by atomic mass is 16.2. The predicted octanol–water partition coefficient (Wildman–Crippen LogP) is 3.32. The Morgan fingerprint density at radius 2 is 1.90 bits per heavy atom. The molecule has 0 saturated heterocycles. The monoisotopic (exact) mass is 268 g/mol. The standard InChI is InChI=1S/C15H16N4O/c1-2-10-16-13-8-9-14(17-11-13)19-15(20)18-12-6-4-3-5-7-12/h2-9,11,16H,1,10H2,(H2,17,18,19,20). The first-order valence-corrected chi connectivity index (χ1v) is 6.22. The number of urea groups is 1. The van der Waals surface area contributed by atoms with Crippen molar-refractivity contribution in [2.24, 2.45) is 0 Å². The zero-order valence-corrected chi connectivity index (χ0v) is 11.0. The number of rotatable bonds is 5. The van der Waals surface area contributed by atoms with Crippen LogP contribution in [0.4, 0.5) is 22.0 Å². The molecule has 0 radical (unpaired) electrons. The summed E-state index contributed by atoms with van der Waals surface area (Å²) in [5.41, 5.74) is 1.60. The largest absolute Gasteiger partial charge is 0.380 e. The molecule has 5 nitrogen and oxygen atoms in total. The fourth-order valence-electron chi connectivity index (χ4n) is 1.56. The maximum atomic E-state index is 11.7. The highest BCUT2D eigenvalue weighted by molar-refractivity contribution is 5.99. The third-order valence-corrected chi connectivity index (χ3v) is 2.49. The molecule has 2 rings (SSSR count). The quantitative estimate of drug-likeness (QED) is 0.729. The van der Waals surface area contributed by atoms with Crippen molar-refractivity contribution in [3.05, 3.63) is 61.3 Å². The summed E-state index contributed by atoms with van der Waals surface area (Å²) in [6.07, 6.45) is 3.42. The topological polar surface area (TPSA) is 66.0 Å². The lowest BCUT2D eigenvalue weighted by Crippen LogP contribution is -2.19. The van der Waals surface area contributed by atoms with Crippen LogP contribution in [-0.4, -0.2) is 17.6 Å². The number of hydrogen-bond acceptors (Lipinski definition) is 3. The van der Waals surface area contributed by atoms with E-state index in [0.29, 0.717) is 12.4 Å². The van der Waals surface area contributed by atoms with Crippen molar-refractivity contribution in [3.8, 4) is 0 Å². The molecule has 2 aromatic rings. The second-order valence-electron chi connectivity index (χ2n) is 4.05. The molecule has 0 saturated carbocycles. The number of anilines is 3. The Morgan fingerprint density at radius 1 is 1.10 bits per heavy atom. The lowest BCUT2D eigenvalue weighted by molar-refractivity contribution is 0.262. The van der Waals surface area contributed by atoms with Crippen molar-refractivity contribution in [1.29, 1.82) is 0 Å². The van der Waals surface area contributed by atoms with E-state index in [0.717, 1.165) is 11.4 Å². The average Bonchev–Trinajstić information content (AvgIpc) is 2.47. The van der Waals surface area contributed by atoms with Crippen LogP contribution in [0.5, 0.6) is 0 Å². The number of amides is 2. The van der Waals surface area contributed by atoms with Crippen LogP contribution in [-0.2, 0) is 0 Å². The summed E-state index contributed by atoms with van der Waals surface area (Å²) in [4.78, 5) is 15.9. The molecular weight excluding hydrogens is 252 g/mol. The van der Waals surface area contributed by atoms with E-state index in [1.165, 1.54) is 0 Å². The van der Waals surface area contributed by atoms with Crippen molar-refractivity contribution in [2.75, 3.05) is 22.5 Å². The van der Waals surface area contributed by atoms with E-state index in [1.54, 1.807) is 18.3 Å². The number of hydrogen-bond donors (Lipinski definition) is 3. The summed E-state index contributed by atoms with van der Waals surface area (Å²) in [5, 5.41) is 8.49. The number of carbonyl (C=O) groups is 1. The molecule has 3 N–H and O–H groups in total. The molecule has 0 atom stereocenters. The van der Waals surface area contributed by atoms with Gasteiger partial charge in [-0.15, -0.1) is 6.58 Å². The third-order valence-electron chi connectivity index (χ3n) is 2.49. The van der Waals surface area contributed by atoms with Gasteiger partial charge in [0.15, 0.2) is 0 Å². The summed E-state index contributed by atoms with van der Waals surface area (Å²) >= 11 is 0. The first-order valence-electron chi connectivity index (χ1n) is 6.22. The van der Waals surface area contributed by atoms with Gasteiger partial charge in [-0.2, -0.15) is 0 Å². The zero-order valence-electron chi connectivity index (χ0n) is 11.0. The van der Waals surface area contributed by atoms with Crippen LogP contribution in [0.3, 0.4) is 0 Å². The molecule has 0 aliphatic rings. The van der Waals surface area contributed by atoms with Gasteiger partial charge in [0.1, 0.15) is 5.82 Å². The van der Waals surface area contributed by atoms with E-state index in [1.807, 2.05) is 36.4 Å². The number of nitrogens with zero attached hydrogens (tertiary/aromatic N) is 1. The molecule has 1 aromatic heterocycles. The van der Waals surface area contributed by atoms with E-state index in [2.05, 4.69) is 27.5 Å². The first kappa shape index (κ1) is 13.6. The maximum Gasteiger partial charge on any atom is 0.324 e. The number of aromatic nitrogens is 1. The minimum absolute atomic E-state index is 0.324. The highest BCUT2D eigenvalue weighted by Crippen LogP contribution is 2.10. The number of carbonyl (C=O) groups excluding carboxylic acids is 1. The summed E-state index contributed by atoms with van der Waals surface area (Å²) in [7, 11) is 0. The second-order valence-corrected chi connectivity index (χ2v) is 4.05. The fraction of sp³-hybridized carbons (Fsp3) is 0.0667. The molecule has 0 aliphatic heterocycles. The van der Waals surface area contributed by atoms with E-state index < -0.39 is 0 Å². The minimum atomic E-state index is -0.324. The van der Waals surface area contributed by atoms with Crippen LogP contribution in [0.1, 0.15) is 0 Å². The van der Waals surface area contributed by atoms with Crippen molar-refractivity contribution in [2.45, 2.75) is 0 Å². The molecule has 2 amide bonds. The highest BCUT2D eigenvalue weighted by Gasteiger charge is 2.03. The molecule has 0 fully saturated rings. The molecule has 0 bridgehead atoms. The Morgan fingerprint density at radius 3 is 2.55 bits per heavy atom. The molecule has 0 spiro atoms. The summed E-state index contributed by atoms with van der Waals surface area (Å²) in [6, 6.07) is 12.5. The Hall–Kier alpha value is -2.82. The normalized spacial score (nSPS) is 9.60. The van der Waals surface area contributed by atoms with Crippen molar-refractivity contribution in [1.82, 2.24) is 4.98 Å². The van der Waals surface area contributed by atoms with Gasteiger partial charge in [-0.25, -0.2) is 9.78 Å². The van der Waals surface area contributed by atoms with Crippen molar-refractivity contribution >= 4 is 23.2 Å². The summed E-state index contributed by atoms with van der Waals surface area (Å²) in [6.45, 7) is 4.29. The number of para-hydroxylation sites is 1. The Balaban J connectivity index is 1.89. The molecule has 102 valence electrons. The van der Waals surface area contributed by atoms with Crippen molar-refractivity contribution < 1.29 is 4.79 Å². The average molecular weight is 268 g/mol. The zero-order chi connectivity index (χ0) is 14.2. The Kier molecular flexibility index (Phi) is 4.72. The van der Waals surface area contributed by atoms with E-state index in [9.17, 15) is 4.79 Å². The number of pyridine rings is 1. The molecule has 20 heavy (non-hydrogen) atoms. The lowest BCUT2D eigenvalue weighted by Gasteiger charge is -2.08. The van der Waals surface area contributed by atoms with E-state index in [-0.39, 0.29) is 6.03 Å². The number of nitrogens with one attached hydrogen (secondary N) is 3.